The third-order valence-corrected chi connectivity index (χ3v) is 7.33. The molecule has 0 fully saturated rings. The summed E-state index contributed by atoms with van der Waals surface area (Å²) in [5, 5.41) is 4.39. The van der Waals surface area contributed by atoms with E-state index >= 15 is 0 Å². The molecule has 0 amide bonds. The lowest BCUT2D eigenvalue weighted by Gasteiger charge is -2.09. The van der Waals surface area contributed by atoms with Crippen molar-refractivity contribution in [3.05, 3.63) is 74.5 Å². The third kappa shape index (κ3) is 4.15. The Bertz CT molecular complexity index is 1640. The number of halogens is 1. The van der Waals surface area contributed by atoms with Gasteiger partial charge in [-0.15, -0.1) is 0 Å². The number of fused-ring (bicyclic) bond motifs is 1. The van der Waals surface area contributed by atoms with E-state index in [2.05, 4.69) is 10.1 Å². The van der Waals surface area contributed by atoms with Crippen molar-refractivity contribution in [1.82, 2.24) is 24.3 Å². The quantitative estimate of drug-likeness (QED) is 0.178. The highest BCUT2D eigenvalue weighted by Gasteiger charge is 2.18. The van der Waals surface area contributed by atoms with E-state index in [9.17, 15) is 9.18 Å². The lowest BCUT2D eigenvalue weighted by Crippen LogP contribution is -2.19. The van der Waals surface area contributed by atoms with Gasteiger partial charge in [0.1, 0.15) is 16.3 Å². The SMILES string of the molecule is COc1cccc(-n2c(=S)sc3c(=O)n(C)c(SCc4nc(-c5cccc(F)c5)no4)nc32)c1. The van der Waals surface area contributed by atoms with E-state index in [0.717, 1.165) is 5.69 Å². The summed E-state index contributed by atoms with van der Waals surface area (Å²) in [5.74, 6) is 1.18. The minimum absolute atomic E-state index is 0.198. The van der Waals surface area contributed by atoms with E-state index in [1.165, 1.54) is 39.8 Å². The number of methoxy groups -OCH3 is 1. The summed E-state index contributed by atoms with van der Waals surface area (Å²) in [6, 6.07) is 13.4. The van der Waals surface area contributed by atoms with Gasteiger partial charge >= 0.3 is 0 Å². The van der Waals surface area contributed by atoms with E-state index in [1.54, 1.807) is 30.9 Å². The van der Waals surface area contributed by atoms with Gasteiger partial charge in [0.25, 0.3) is 5.56 Å². The zero-order chi connectivity index (χ0) is 23.8. The standard InChI is InChI=1S/C22H16FN5O3S3/c1-27-20(29)17-19(28(22(32)34-17)14-7-4-8-15(10-14)30-2)25-21(27)33-11-16-24-18(26-31-16)12-5-3-6-13(23)9-12/h3-10H,11H2,1-2H3. The van der Waals surface area contributed by atoms with E-state index in [-0.39, 0.29) is 23.0 Å². The molecule has 0 N–H and O–H groups in total. The van der Waals surface area contributed by atoms with Crippen molar-refractivity contribution in [1.29, 1.82) is 0 Å². The Balaban J connectivity index is 1.49. The number of thioether (sulfide) groups is 1. The first-order valence-corrected chi connectivity index (χ1v) is 12.1. The number of benzene rings is 2. The molecule has 0 unspecified atom stereocenters. The maximum atomic E-state index is 13.5. The van der Waals surface area contributed by atoms with Crippen LogP contribution in [0.1, 0.15) is 5.89 Å². The highest BCUT2D eigenvalue weighted by atomic mass is 32.2. The molecule has 5 rings (SSSR count). The molecule has 0 bridgehead atoms. The van der Waals surface area contributed by atoms with Gasteiger partial charge in [-0.3, -0.25) is 13.9 Å². The molecule has 3 heterocycles. The lowest BCUT2D eigenvalue weighted by molar-refractivity contribution is 0.391. The van der Waals surface area contributed by atoms with Gasteiger partial charge in [0.15, 0.2) is 14.8 Å². The topological polar surface area (TPSA) is 88.0 Å². The Hall–Kier alpha value is -3.35. The van der Waals surface area contributed by atoms with Crippen molar-refractivity contribution in [2.24, 2.45) is 7.05 Å². The van der Waals surface area contributed by atoms with Crippen LogP contribution in [-0.2, 0) is 12.8 Å². The second-order valence-corrected chi connectivity index (χ2v) is 9.71. The molecular formula is C22H16FN5O3S3. The molecule has 3 aromatic heterocycles. The molecule has 5 aromatic rings. The van der Waals surface area contributed by atoms with Crippen molar-refractivity contribution < 1.29 is 13.7 Å². The number of hydrogen-bond acceptors (Lipinski definition) is 9. The molecule has 0 saturated heterocycles. The Morgan fingerprint density at radius 1 is 1.21 bits per heavy atom. The molecule has 0 aliphatic heterocycles. The van der Waals surface area contributed by atoms with Gasteiger partial charge in [-0.25, -0.2) is 9.37 Å². The van der Waals surface area contributed by atoms with Crippen molar-refractivity contribution in [3.8, 4) is 22.8 Å². The van der Waals surface area contributed by atoms with E-state index in [1.807, 2.05) is 24.3 Å². The molecule has 0 saturated carbocycles. The predicted molar refractivity (Wildman–Crippen MR) is 131 cm³/mol. The van der Waals surface area contributed by atoms with Crippen molar-refractivity contribution in [2.75, 3.05) is 7.11 Å². The minimum Gasteiger partial charge on any atom is -0.497 e. The first kappa shape index (κ1) is 22.4. The second-order valence-electron chi connectivity index (χ2n) is 7.13. The average Bonchev–Trinajstić information content (AvgIpc) is 3.45. The molecule has 2 aromatic carbocycles. The molecular weight excluding hydrogens is 497 g/mol. The maximum Gasteiger partial charge on any atom is 0.273 e. The van der Waals surface area contributed by atoms with Gasteiger partial charge in [-0.05, 0) is 36.5 Å². The van der Waals surface area contributed by atoms with Crippen molar-refractivity contribution >= 4 is 45.7 Å². The van der Waals surface area contributed by atoms with Crippen LogP contribution in [0.4, 0.5) is 4.39 Å². The van der Waals surface area contributed by atoms with Gasteiger partial charge in [0, 0.05) is 18.7 Å². The third-order valence-electron chi connectivity index (χ3n) is 4.96. The number of rotatable bonds is 6. The zero-order valence-electron chi connectivity index (χ0n) is 17.9. The lowest BCUT2D eigenvalue weighted by atomic mass is 10.2. The van der Waals surface area contributed by atoms with Crippen LogP contribution < -0.4 is 10.3 Å². The largest absolute Gasteiger partial charge is 0.497 e. The zero-order valence-corrected chi connectivity index (χ0v) is 20.3. The van der Waals surface area contributed by atoms with Crippen LogP contribution in [0.2, 0.25) is 0 Å². The van der Waals surface area contributed by atoms with Crippen LogP contribution >= 0.6 is 35.3 Å². The maximum absolute atomic E-state index is 13.5. The van der Waals surface area contributed by atoms with Crippen LogP contribution in [0.5, 0.6) is 5.75 Å². The van der Waals surface area contributed by atoms with Gasteiger partial charge in [-0.1, -0.05) is 46.5 Å². The number of aromatic nitrogens is 5. The van der Waals surface area contributed by atoms with E-state index in [0.29, 0.717) is 36.7 Å². The molecule has 0 spiro atoms. The Labute approximate surface area is 205 Å². The first-order valence-electron chi connectivity index (χ1n) is 9.93. The summed E-state index contributed by atoms with van der Waals surface area (Å²) in [5.41, 5.74) is 1.54. The summed E-state index contributed by atoms with van der Waals surface area (Å²) in [6.07, 6.45) is 0. The minimum atomic E-state index is -0.382. The van der Waals surface area contributed by atoms with Crippen LogP contribution in [0.3, 0.4) is 0 Å². The first-order chi connectivity index (χ1) is 16.4. The number of thiazole rings is 1. The fourth-order valence-corrected chi connectivity index (χ4v) is 5.45. The number of hydrogen-bond donors (Lipinski definition) is 0. The molecule has 8 nitrogen and oxygen atoms in total. The number of nitrogens with zero attached hydrogens (tertiary/aromatic N) is 5. The van der Waals surface area contributed by atoms with Gasteiger partial charge < -0.3 is 9.26 Å². The summed E-state index contributed by atoms with van der Waals surface area (Å²) < 4.78 is 28.3. The summed E-state index contributed by atoms with van der Waals surface area (Å²) in [6.45, 7) is 0. The molecule has 0 aliphatic rings. The molecule has 0 radical (unpaired) electrons. The Morgan fingerprint density at radius 2 is 2.03 bits per heavy atom. The van der Waals surface area contributed by atoms with Crippen LogP contribution in [-0.4, -0.2) is 31.4 Å². The normalized spacial score (nSPS) is 11.3. The summed E-state index contributed by atoms with van der Waals surface area (Å²) in [7, 11) is 3.24. The van der Waals surface area contributed by atoms with E-state index < -0.39 is 0 Å². The van der Waals surface area contributed by atoms with Gasteiger partial charge in [0.05, 0.1) is 18.6 Å². The monoisotopic (exact) mass is 513 g/mol. The fourth-order valence-electron chi connectivity index (χ4n) is 3.30. The molecule has 12 heteroatoms. The van der Waals surface area contributed by atoms with E-state index in [4.69, 9.17) is 26.5 Å². The summed E-state index contributed by atoms with van der Waals surface area (Å²) >= 11 is 8.04. The van der Waals surface area contributed by atoms with Gasteiger partial charge in [0.2, 0.25) is 11.7 Å². The molecule has 0 aliphatic carbocycles. The predicted octanol–water partition coefficient (Wildman–Crippen LogP) is 5.01. The second kappa shape index (κ2) is 9.12. The average molecular weight is 514 g/mol. The highest BCUT2D eigenvalue weighted by Crippen LogP contribution is 2.28. The van der Waals surface area contributed by atoms with Crippen LogP contribution in [0.25, 0.3) is 27.4 Å². The fraction of sp³-hybridized carbons (Fsp3) is 0.136. The van der Waals surface area contributed by atoms with Crippen LogP contribution in [0.15, 0.2) is 63.0 Å². The molecule has 34 heavy (non-hydrogen) atoms. The van der Waals surface area contributed by atoms with Crippen molar-refractivity contribution in [2.45, 2.75) is 10.9 Å². The smallest absolute Gasteiger partial charge is 0.273 e. The molecule has 0 atom stereocenters. The molecule has 172 valence electrons. The van der Waals surface area contributed by atoms with Crippen molar-refractivity contribution in [3.63, 3.8) is 0 Å². The van der Waals surface area contributed by atoms with Crippen LogP contribution in [0, 0.1) is 9.77 Å². The summed E-state index contributed by atoms with van der Waals surface area (Å²) in [4.78, 5) is 22.1. The highest BCUT2D eigenvalue weighted by molar-refractivity contribution is 7.98. The Kier molecular flexibility index (Phi) is 6.02. The van der Waals surface area contributed by atoms with Gasteiger partial charge in [-0.2, -0.15) is 4.98 Å². The Morgan fingerprint density at radius 3 is 2.82 bits per heavy atom. The number of ether oxygens (including phenoxy) is 1.